The van der Waals surface area contributed by atoms with Crippen LogP contribution in [-0.4, -0.2) is 16.8 Å². The molecule has 29 heavy (non-hydrogen) atoms. The molecule has 0 spiro atoms. The van der Waals surface area contributed by atoms with Crippen molar-refractivity contribution in [2.24, 2.45) is 0 Å². The number of hydrogen-bond donors (Lipinski definition) is 2. The van der Waals surface area contributed by atoms with Gasteiger partial charge in [0, 0.05) is 16.1 Å². The van der Waals surface area contributed by atoms with Crippen molar-refractivity contribution in [1.82, 2.24) is 4.98 Å². The number of aromatic nitrogens is 1. The van der Waals surface area contributed by atoms with Gasteiger partial charge in [0.15, 0.2) is 5.13 Å². The molecule has 1 aliphatic carbocycles. The summed E-state index contributed by atoms with van der Waals surface area (Å²) in [6.07, 6.45) is 2.59. The topological polar surface area (TPSA) is 71.1 Å². The maximum Gasteiger partial charge on any atom is 0.257 e. The van der Waals surface area contributed by atoms with Crippen molar-refractivity contribution < 1.29 is 9.59 Å². The summed E-state index contributed by atoms with van der Waals surface area (Å²) in [7, 11) is 0. The maximum atomic E-state index is 13.0. The molecule has 1 aliphatic rings. The number of carbonyl (C=O) groups excluding carboxylic acids is 2. The van der Waals surface area contributed by atoms with Crippen molar-refractivity contribution in [3.05, 3.63) is 75.8 Å². The van der Waals surface area contributed by atoms with Crippen molar-refractivity contribution in [1.29, 1.82) is 0 Å². The maximum absolute atomic E-state index is 13.0. The molecule has 2 N–H and O–H groups in total. The number of anilines is 2. The molecule has 3 aromatic rings. The lowest BCUT2D eigenvalue weighted by molar-refractivity contribution is -0.117. The molecular weight excluding hydrogens is 382 g/mol. The number of aryl methyl sites for hydroxylation is 2. The van der Waals surface area contributed by atoms with Crippen LogP contribution in [0.3, 0.4) is 0 Å². The Kier molecular flexibility index (Phi) is 5.45. The Bertz CT molecular complexity index is 1060. The van der Waals surface area contributed by atoms with Crippen LogP contribution in [-0.2, 0) is 11.2 Å². The van der Waals surface area contributed by atoms with Crippen molar-refractivity contribution >= 4 is 34.0 Å². The summed E-state index contributed by atoms with van der Waals surface area (Å²) in [5, 5.41) is 6.51. The Labute approximate surface area is 174 Å². The number of hydrogen-bond acceptors (Lipinski definition) is 4. The molecule has 148 valence electrons. The SMILES string of the molecule is Cc1cccc(NC(=O)[C@H]2CCCc3sc(NC(=O)c4ccccc4)nc32)c1C. The quantitative estimate of drug-likeness (QED) is 0.636. The van der Waals surface area contributed by atoms with E-state index in [1.54, 1.807) is 12.1 Å². The standard InChI is InChI=1S/C23H23N3O2S/c1-14-8-6-12-18(15(14)2)24-22(28)17-11-7-13-19-20(17)25-23(29-19)26-21(27)16-9-4-3-5-10-16/h3-6,8-10,12,17H,7,11,13H2,1-2H3,(H,24,28)(H,25,26,27)/t17-/m0/s1. The summed E-state index contributed by atoms with van der Waals surface area (Å²) in [5.74, 6) is -0.517. The van der Waals surface area contributed by atoms with Gasteiger partial charge in [-0.3, -0.25) is 14.9 Å². The third-order valence-corrected chi connectivity index (χ3v) is 6.44. The number of thiazole rings is 1. The van der Waals surface area contributed by atoms with Crippen LogP contribution in [0.2, 0.25) is 0 Å². The highest BCUT2D eigenvalue weighted by Gasteiger charge is 2.31. The van der Waals surface area contributed by atoms with Gasteiger partial charge in [0.2, 0.25) is 5.91 Å². The van der Waals surface area contributed by atoms with Crippen LogP contribution >= 0.6 is 11.3 Å². The molecule has 1 atom stereocenters. The molecular formula is C23H23N3O2S. The van der Waals surface area contributed by atoms with E-state index in [0.717, 1.165) is 46.6 Å². The van der Waals surface area contributed by atoms with Crippen molar-refractivity contribution in [3.8, 4) is 0 Å². The lowest BCUT2D eigenvalue weighted by atomic mass is 9.90. The number of nitrogens with one attached hydrogen (secondary N) is 2. The number of amides is 2. The van der Waals surface area contributed by atoms with E-state index >= 15 is 0 Å². The van der Waals surface area contributed by atoms with Gasteiger partial charge in [0.05, 0.1) is 11.6 Å². The van der Waals surface area contributed by atoms with E-state index < -0.39 is 0 Å². The van der Waals surface area contributed by atoms with Gasteiger partial charge >= 0.3 is 0 Å². The smallest absolute Gasteiger partial charge is 0.257 e. The predicted molar refractivity (Wildman–Crippen MR) is 117 cm³/mol. The van der Waals surface area contributed by atoms with Crippen LogP contribution in [0.1, 0.15) is 50.8 Å². The van der Waals surface area contributed by atoms with E-state index in [4.69, 9.17) is 0 Å². The van der Waals surface area contributed by atoms with Crippen LogP contribution < -0.4 is 10.6 Å². The van der Waals surface area contributed by atoms with Gasteiger partial charge in [0.1, 0.15) is 0 Å². The normalized spacial score (nSPS) is 15.4. The highest BCUT2D eigenvalue weighted by Crippen LogP contribution is 2.37. The molecule has 1 heterocycles. The number of rotatable bonds is 4. The summed E-state index contributed by atoms with van der Waals surface area (Å²) in [5.41, 5.74) is 4.45. The van der Waals surface area contributed by atoms with Gasteiger partial charge in [0.25, 0.3) is 5.91 Å². The summed E-state index contributed by atoms with van der Waals surface area (Å²) < 4.78 is 0. The van der Waals surface area contributed by atoms with Gasteiger partial charge in [-0.05, 0) is 62.4 Å². The van der Waals surface area contributed by atoms with E-state index in [-0.39, 0.29) is 17.7 Å². The molecule has 1 aromatic heterocycles. The second-order valence-corrected chi connectivity index (χ2v) is 8.41. The highest BCUT2D eigenvalue weighted by molar-refractivity contribution is 7.16. The Morgan fingerprint density at radius 3 is 2.62 bits per heavy atom. The Hall–Kier alpha value is -2.99. The second kappa shape index (κ2) is 8.17. The Morgan fingerprint density at radius 1 is 1.03 bits per heavy atom. The van der Waals surface area contributed by atoms with Crippen LogP contribution in [0.5, 0.6) is 0 Å². The first-order valence-corrected chi connectivity index (χ1v) is 10.6. The minimum Gasteiger partial charge on any atom is -0.325 e. The fraction of sp³-hybridized carbons (Fsp3) is 0.261. The molecule has 2 amide bonds. The average Bonchev–Trinajstić information content (AvgIpc) is 3.14. The average molecular weight is 406 g/mol. The van der Waals surface area contributed by atoms with Crippen molar-refractivity contribution in [3.63, 3.8) is 0 Å². The minimum absolute atomic E-state index is 0.0362. The third-order valence-electron chi connectivity index (χ3n) is 5.39. The molecule has 0 saturated carbocycles. The zero-order valence-electron chi connectivity index (χ0n) is 16.5. The number of nitrogens with zero attached hydrogens (tertiary/aromatic N) is 1. The van der Waals surface area contributed by atoms with Crippen LogP contribution in [0.15, 0.2) is 48.5 Å². The van der Waals surface area contributed by atoms with E-state index in [2.05, 4.69) is 15.6 Å². The lowest BCUT2D eigenvalue weighted by Gasteiger charge is -2.21. The summed E-state index contributed by atoms with van der Waals surface area (Å²) in [6.45, 7) is 4.04. The molecule has 0 saturated heterocycles. The first kappa shape index (κ1) is 19.3. The van der Waals surface area contributed by atoms with Crippen molar-refractivity contribution in [2.45, 2.75) is 39.0 Å². The monoisotopic (exact) mass is 405 g/mol. The molecule has 0 fully saturated rings. The first-order chi connectivity index (χ1) is 14.0. The van der Waals surface area contributed by atoms with Gasteiger partial charge < -0.3 is 5.32 Å². The van der Waals surface area contributed by atoms with Gasteiger partial charge in [-0.15, -0.1) is 11.3 Å². The third kappa shape index (κ3) is 4.07. The van der Waals surface area contributed by atoms with Crippen LogP contribution in [0.4, 0.5) is 10.8 Å². The summed E-state index contributed by atoms with van der Waals surface area (Å²) >= 11 is 1.47. The molecule has 6 heteroatoms. The molecule has 2 aromatic carbocycles. The number of carbonyl (C=O) groups is 2. The zero-order chi connectivity index (χ0) is 20.4. The van der Waals surface area contributed by atoms with Crippen LogP contribution in [0, 0.1) is 13.8 Å². The highest BCUT2D eigenvalue weighted by atomic mass is 32.1. The lowest BCUT2D eigenvalue weighted by Crippen LogP contribution is -2.25. The van der Waals surface area contributed by atoms with Gasteiger partial charge in [-0.1, -0.05) is 30.3 Å². The molecule has 0 unspecified atom stereocenters. The van der Waals surface area contributed by atoms with Gasteiger partial charge in [-0.2, -0.15) is 0 Å². The van der Waals surface area contributed by atoms with E-state index in [0.29, 0.717) is 10.7 Å². The molecule has 5 nitrogen and oxygen atoms in total. The summed E-state index contributed by atoms with van der Waals surface area (Å²) in [6, 6.07) is 15.0. The van der Waals surface area contributed by atoms with E-state index in [9.17, 15) is 9.59 Å². The van der Waals surface area contributed by atoms with E-state index in [1.807, 2.05) is 50.2 Å². The van der Waals surface area contributed by atoms with Crippen molar-refractivity contribution in [2.75, 3.05) is 10.6 Å². The predicted octanol–water partition coefficient (Wildman–Crippen LogP) is 5.07. The molecule has 0 radical (unpaired) electrons. The van der Waals surface area contributed by atoms with Gasteiger partial charge in [-0.25, -0.2) is 4.98 Å². The second-order valence-electron chi connectivity index (χ2n) is 7.33. The molecule has 0 bridgehead atoms. The molecule has 4 rings (SSSR count). The number of fused-ring (bicyclic) bond motifs is 1. The Morgan fingerprint density at radius 2 is 1.83 bits per heavy atom. The minimum atomic E-state index is -0.294. The van der Waals surface area contributed by atoms with E-state index in [1.165, 1.54) is 11.3 Å². The fourth-order valence-electron chi connectivity index (χ4n) is 3.59. The zero-order valence-corrected chi connectivity index (χ0v) is 17.3. The first-order valence-electron chi connectivity index (χ1n) is 9.76. The molecule has 0 aliphatic heterocycles. The fourth-order valence-corrected chi connectivity index (χ4v) is 4.65. The summed E-state index contributed by atoms with van der Waals surface area (Å²) in [4.78, 5) is 31.2. The van der Waals surface area contributed by atoms with Crippen LogP contribution in [0.25, 0.3) is 0 Å². The largest absolute Gasteiger partial charge is 0.325 e. The number of benzene rings is 2. The Balaban J connectivity index is 1.53.